The van der Waals surface area contributed by atoms with E-state index in [-0.39, 0.29) is 17.9 Å². The minimum atomic E-state index is -0.0569. The van der Waals surface area contributed by atoms with Gasteiger partial charge in [-0.2, -0.15) is 0 Å². The van der Waals surface area contributed by atoms with Crippen molar-refractivity contribution in [3.05, 3.63) is 33.8 Å². The predicted molar refractivity (Wildman–Crippen MR) is 85.7 cm³/mol. The third-order valence-electron chi connectivity index (χ3n) is 3.42. The van der Waals surface area contributed by atoms with Crippen LogP contribution in [0.2, 0.25) is 0 Å². The van der Waals surface area contributed by atoms with E-state index in [4.69, 9.17) is 5.11 Å². The molecule has 1 amide bonds. The summed E-state index contributed by atoms with van der Waals surface area (Å²) in [6, 6.07) is 6.17. The lowest BCUT2D eigenvalue weighted by molar-refractivity contribution is -0.121. The van der Waals surface area contributed by atoms with Crippen LogP contribution in [-0.4, -0.2) is 24.2 Å². The highest BCUT2D eigenvalue weighted by Gasteiger charge is 2.17. The summed E-state index contributed by atoms with van der Waals surface area (Å²) in [5.41, 5.74) is 2.31. The number of aliphatic hydroxyl groups is 1. The molecule has 0 heterocycles. The van der Waals surface area contributed by atoms with Crippen LogP contribution < -0.4 is 5.32 Å². The van der Waals surface area contributed by atoms with Gasteiger partial charge in [-0.25, -0.2) is 0 Å². The number of halogens is 1. The van der Waals surface area contributed by atoms with Crippen LogP contribution in [0.3, 0.4) is 0 Å². The highest BCUT2D eigenvalue weighted by atomic mass is 79.9. The van der Waals surface area contributed by atoms with Gasteiger partial charge in [-0.1, -0.05) is 41.9 Å². The molecule has 0 saturated carbocycles. The number of rotatable bonds is 7. The van der Waals surface area contributed by atoms with Gasteiger partial charge >= 0.3 is 0 Å². The summed E-state index contributed by atoms with van der Waals surface area (Å²) in [6.45, 7) is 6.89. The van der Waals surface area contributed by atoms with Gasteiger partial charge in [0, 0.05) is 24.0 Å². The van der Waals surface area contributed by atoms with Crippen molar-refractivity contribution < 1.29 is 9.90 Å². The molecule has 0 aromatic heterocycles. The summed E-state index contributed by atoms with van der Waals surface area (Å²) < 4.78 is 1.09. The summed E-state index contributed by atoms with van der Waals surface area (Å²) in [7, 11) is 0. The van der Waals surface area contributed by atoms with E-state index in [2.05, 4.69) is 27.3 Å². The third-order valence-corrected chi connectivity index (χ3v) is 4.31. The molecule has 0 fully saturated rings. The minimum absolute atomic E-state index is 0.0569. The van der Waals surface area contributed by atoms with Crippen molar-refractivity contribution in [2.75, 3.05) is 13.2 Å². The largest absolute Gasteiger partial charge is 0.396 e. The number of benzene rings is 1. The number of carbonyl (C=O) groups excluding carboxylic acids is 1. The summed E-state index contributed by atoms with van der Waals surface area (Å²) >= 11 is 3.47. The number of nitrogens with one attached hydrogen (secondary N) is 1. The molecule has 1 rings (SSSR count). The Kier molecular flexibility index (Phi) is 6.69. The normalized spacial score (nSPS) is 11.4. The van der Waals surface area contributed by atoms with E-state index < -0.39 is 0 Å². The van der Waals surface area contributed by atoms with E-state index in [0.717, 1.165) is 10.9 Å². The van der Waals surface area contributed by atoms with Crippen LogP contribution in [-0.2, 0) is 11.2 Å². The van der Waals surface area contributed by atoms with Gasteiger partial charge in [0.25, 0.3) is 0 Å². The molecule has 0 unspecified atom stereocenters. The number of carbonyl (C=O) groups is 1. The first-order valence-electron chi connectivity index (χ1n) is 6.97. The smallest absolute Gasteiger partial charge is 0.220 e. The molecule has 3 nitrogen and oxygen atoms in total. The molecular weight excluding hydrogens is 318 g/mol. The number of aryl methyl sites for hydroxylation is 2. The average Bonchev–Trinajstić information content (AvgIpc) is 2.38. The number of hydrogen-bond acceptors (Lipinski definition) is 2. The lowest BCUT2D eigenvalue weighted by atomic mass is 9.90. The first-order valence-corrected chi connectivity index (χ1v) is 7.76. The van der Waals surface area contributed by atoms with Gasteiger partial charge in [-0.15, -0.1) is 0 Å². The maximum atomic E-state index is 11.8. The Bertz CT molecular complexity index is 458. The fourth-order valence-corrected chi connectivity index (χ4v) is 2.18. The zero-order valence-electron chi connectivity index (χ0n) is 12.5. The second kappa shape index (κ2) is 7.79. The highest BCUT2D eigenvalue weighted by molar-refractivity contribution is 9.10. The molecule has 0 spiro atoms. The molecule has 4 heteroatoms. The minimum Gasteiger partial charge on any atom is -0.396 e. The number of hydrogen-bond donors (Lipinski definition) is 2. The highest BCUT2D eigenvalue weighted by Crippen LogP contribution is 2.19. The van der Waals surface area contributed by atoms with Crippen LogP contribution in [0, 0.1) is 12.3 Å². The lowest BCUT2D eigenvalue weighted by Gasteiger charge is -2.23. The SMILES string of the molecule is Cc1cc(CCC(=O)NCC(C)(C)CCO)ccc1Br. The van der Waals surface area contributed by atoms with Crippen molar-refractivity contribution in [2.24, 2.45) is 5.41 Å². The van der Waals surface area contributed by atoms with Crippen molar-refractivity contribution in [1.82, 2.24) is 5.32 Å². The van der Waals surface area contributed by atoms with E-state index in [0.29, 0.717) is 19.4 Å². The topological polar surface area (TPSA) is 49.3 Å². The zero-order chi connectivity index (χ0) is 15.2. The van der Waals surface area contributed by atoms with Gasteiger partial charge in [-0.05, 0) is 42.4 Å². The summed E-state index contributed by atoms with van der Waals surface area (Å²) in [6.07, 6.45) is 1.94. The first kappa shape index (κ1) is 17.2. The molecule has 0 atom stereocenters. The van der Waals surface area contributed by atoms with Gasteiger partial charge in [0.15, 0.2) is 0 Å². The fourth-order valence-electron chi connectivity index (χ4n) is 1.94. The Morgan fingerprint density at radius 3 is 2.70 bits per heavy atom. The van der Waals surface area contributed by atoms with E-state index in [9.17, 15) is 4.79 Å². The quantitative estimate of drug-likeness (QED) is 0.799. The second-order valence-corrected chi connectivity index (χ2v) is 6.85. The first-order chi connectivity index (χ1) is 9.34. The van der Waals surface area contributed by atoms with Crippen molar-refractivity contribution in [3.63, 3.8) is 0 Å². The summed E-state index contributed by atoms with van der Waals surface area (Å²) in [4.78, 5) is 11.8. The Morgan fingerprint density at radius 1 is 1.40 bits per heavy atom. The predicted octanol–water partition coefficient (Wildman–Crippen LogP) is 3.21. The Balaban J connectivity index is 2.38. The van der Waals surface area contributed by atoms with Gasteiger partial charge in [-0.3, -0.25) is 4.79 Å². The van der Waals surface area contributed by atoms with Crippen LogP contribution in [0.15, 0.2) is 22.7 Å². The van der Waals surface area contributed by atoms with Gasteiger partial charge in [0.05, 0.1) is 0 Å². The molecule has 1 aromatic carbocycles. The maximum absolute atomic E-state index is 11.8. The molecule has 112 valence electrons. The van der Waals surface area contributed by atoms with Crippen molar-refractivity contribution in [2.45, 2.75) is 40.0 Å². The Hall–Kier alpha value is -0.870. The molecule has 2 N–H and O–H groups in total. The van der Waals surface area contributed by atoms with Crippen LogP contribution in [0.25, 0.3) is 0 Å². The van der Waals surface area contributed by atoms with E-state index >= 15 is 0 Å². The van der Waals surface area contributed by atoms with Crippen LogP contribution in [0.4, 0.5) is 0 Å². The van der Waals surface area contributed by atoms with Crippen LogP contribution in [0.1, 0.15) is 37.8 Å². The summed E-state index contributed by atoms with van der Waals surface area (Å²) in [5, 5.41) is 11.9. The molecule has 0 aliphatic rings. The van der Waals surface area contributed by atoms with Gasteiger partial charge in [0.2, 0.25) is 5.91 Å². The van der Waals surface area contributed by atoms with Crippen LogP contribution >= 0.6 is 15.9 Å². The van der Waals surface area contributed by atoms with Gasteiger partial charge < -0.3 is 10.4 Å². The molecule has 0 radical (unpaired) electrons. The Labute approximate surface area is 129 Å². The van der Waals surface area contributed by atoms with E-state index in [1.165, 1.54) is 11.1 Å². The van der Waals surface area contributed by atoms with Crippen molar-refractivity contribution in [1.29, 1.82) is 0 Å². The van der Waals surface area contributed by atoms with E-state index in [1.807, 2.05) is 32.9 Å². The standard InChI is InChI=1S/C16H24BrNO2/c1-12-10-13(4-6-14(12)17)5-7-15(20)18-11-16(2,3)8-9-19/h4,6,10,19H,5,7-9,11H2,1-3H3,(H,18,20). The number of aliphatic hydroxyl groups excluding tert-OH is 1. The molecule has 0 bridgehead atoms. The molecule has 0 aliphatic carbocycles. The molecule has 0 saturated heterocycles. The van der Waals surface area contributed by atoms with Crippen molar-refractivity contribution >= 4 is 21.8 Å². The monoisotopic (exact) mass is 341 g/mol. The maximum Gasteiger partial charge on any atom is 0.220 e. The number of amides is 1. The zero-order valence-corrected chi connectivity index (χ0v) is 14.1. The lowest BCUT2D eigenvalue weighted by Crippen LogP contribution is -2.34. The summed E-state index contributed by atoms with van der Waals surface area (Å²) in [5.74, 6) is 0.0663. The molecule has 0 aliphatic heterocycles. The van der Waals surface area contributed by atoms with E-state index in [1.54, 1.807) is 0 Å². The second-order valence-electron chi connectivity index (χ2n) is 6.00. The van der Waals surface area contributed by atoms with Gasteiger partial charge in [0.1, 0.15) is 0 Å². The fraction of sp³-hybridized carbons (Fsp3) is 0.562. The molecule has 20 heavy (non-hydrogen) atoms. The third kappa shape index (κ3) is 6.06. The molecule has 1 aromatic rings. The molecular formula is C16H24BrNO2. The average molecular weight is 342 g/mol. The van der Waals surface area contributed by atoms with Crippen molar-refractivity contribution in [3.8, 4) is 0 Å². The van der Waals surface area contributed by atoms with Crippen LogP contribution in [0.5, 0.6) is 0 Å². The Morgan fingerprint density at radius 2 is 2.10 bits per heavy atom.